The maximum absolute atomic E-state index is 14.4. The molecule has 0 radical (unpaired) electrons. The molecule has 0 fully saturated rings. The molecule has 3 aliphatic rings. The number of phenolic OH excluding ortho intramolecular Hbond substituents is 3. The molecule has 3 aliphatic heterocycles. The van der Waals surface area contributed by atoms with E-state index in [0.29, 0.717) is 13.1 Å². The van der Waals surface area contributed by atoms with Gasteiger partial charge in [-0.05, 0) is 32.8 Å². The molecule has 324 valence electrons. The molecule has 2 aromatic carbocycles. The van der Waals surface area contributed by atoms with Crippen molar-refractivity contribution in [3.63, 3.8) is 0 Å². The Bertz CT molecular complexity index is 2020. The van der Waals surface area contributed by atoms with Gasteiger partial charge in [0.25, 0.3) is 11.7 Å². The van der Waals surface area contributed by atoms with Crippen LogP contribution >= 0.6 is 0 Å². The number of anilines is 1. The van der Waals surface area contributed by atoms with E-state index in [1.165, 1.54) is 59.4 Å². The molecule has 0 saturated carbocycles. The monoisotopic (exact) mass is 823 g/mol. The van der Waals surface area contributed by atoms with Crippen molar-refractivity contribution < 1.29 is 58.9 Å². The van der Waals surface area contributed by atoms with Gasteiger partial charge in [0.05, 0.1) is 53.0 Å². The van der Waals surface area contributed by atoms with Crippen molar-refractivity contribution in [3.05, 3.63) is 52.8 Å². The maximum Gasteiger partial charge on any atom is 0.312 e. The topological polar surface area (TPSA) is 217 Å². The third-order valence-corrected chi connectivity index (χ3v) is 11.3. The van der Waals surface area contributed by atoms with Gasteiger partial charge in [-0.25, -0.2) is 0 Å². The number of carbonyl (C=O) groups is 3. The van der Waals surface area contributed by atoms with E-state index in [1.807, 2.05) is 13.8 Å². The average Bonchev–Trinajstić information content (AvgIpc) is 3.46. The molecule has 15 heteroatoms. The molecule has 5 bridgehead atoms. The lowest BCUT2D eigenvalue weighted by molar-refractivity contribution is -0.160. The van der Waals surface area contributed by atoms with E-state index in [-0.39, 0.29) is 44.5 Å². The third kappa shape index (κ3) is 9.53. The highest BCUT2D eigenvalue weighted by molar-refractivity contribution is 6.23. The number of fused-ring (bicyclic) bond motifs is 14. The number of hydrogen-bond donors (Lipinski definition) is 6. The van der Waals surface area contributed by atoms with Gasteiger partial charge in [0, 0.05) is 74.2 Å². The van der Waals surface area contributed by atoms with Crippen LogP contribution in [0.1, 0.15) is 96.6 Å². The van der Waals surface area contributed by atoms with Gasteiger partial charge >= 0.3 is 11.8 Å². The first-order chi connectivity index (χ1) is 27.8. The van der Waals surface area contributed by atoms with E-state index in [9.17, 15) is 39.9 Å². The molecule has 5 rings (SSSR count). The number of methoxy groups -OCH3 is 1. The van der Waals surface area contributed by atoms with Gasteiger partial charge < -0.3 is 49.8 Å². The summed E-state index contributed by atoms with van der Waals surface area (Å²) in [6.45, 7) is 17.6. The second-order valence-corrected chi connectivity index (χ2v) is 15.8. The summed E-state index contributed by atoms with van der Waals surface area (Å²) >= 11 is 0. The third-order valence-electron chi connectivity index (χ3n) is 11.3. The average molecular weight is 824 g/mol. The Kier molecular flexibility index (Phi) is 15.2. The Balaban J connectivity index is 2.00. The maximum atomic E-state index is 14.4. The van der Waals surface area contributed by atoms with Crippen molar-refractivity contribution in [1.29, 1.82) is 0 Å². The highest BCUT2D eigenvalue weighted by Gasteiger charge is 2.50. The van der Waals surface area contributed by atoms with Crippen molar-refractivity contribution in [2.45, 2.75) is 112 Å². The molecule has 59 heavy (non-hydrogen) atoms. The van der Waals surface area contributed by atoms with Gasteiger partial charge in [-0.1, -0.05) is 59.8 Å². The number of amides is 1. The molecule has 0 aromatic heterocycles. The molecule has 2 aromatic rings. The standard InChI is InChI=1S/C44H61N3O12/c1-12-18-47(19-13-2)45-21-29-34-39(53)32-31(38(29)52)33-41(27(8)37(32)51)59-44(10,42(33)54)57-20-17-30(56-11)24(5)40(58-28(9)48)26(7)36(50)25(6)35(49)22(3)15-14-16-23(4)43(55)46-34/h14-17,20-22,24-26,30,35-36,40,49-53H,12-13,18-19H2,1-11H3,(H,46,55)/b15-14?,20-17?,23-16?,45-21+. The van der Waals surface area contributed by atoms with Crippen LogP contribution in [0.4, 0.5) is 5.69 Å². The number of carbonyl (C=O) groups excluding carboxylic acids is 3. The van der Waals surface area contributed by atoms with E-state index < -0.39 is 88.8 Å². The molecular formula is C44H61N3O12. The molecule has 0 saturated heterocycles. The highest BCUT2D eigenvalue weighted by Crippen LogP contribution is 2.55. The molecule has 6 N–H and O–H groups in total. The van der Waals surface area contributed by atoms with Crippen LogP contribution in [0, 0.1) is 30.6 Å². The van der Waals surface area contributed by atoms with Crippen LogP contribution in [0.5, 0.6) is 23.0 Å². The predicted molar refractivity (Wildman–Crippen MR) is 224 cm³/mol. The number of phenols is 3. The summed E-state index contributed by atoms with van der Waals surface area (Å²) in [6, 6.07) is 0. The zero-order valence-corrected chi connectivity index (χ0v) is 35.9. The van der Waals surface area contributed by atoms with E-state index in [2.05, 4.69) is 10.4 Å². The first-order valence-corrected chi connectivity index (χ1v) is 20.1. The van der Waals surface area contributed by atoms with Crippen molar-refractivity contribution in [3.8, 4) is 23.0 Å². The van der Waals surface area contributed by atoms with Crippen LogP contribution in [0.15, 0.2) is 41.2 Å². The number of Topliss-reactive ketones (excluding diaryl/α,β-unsaturated/α-hetero) is 1. The number of rotatable bonds is 8. The second-order valence-electron chi connectivity index (χ2n) is 15.8. The normalized spacial score (nSPS) is 28.1. The van der Waals surface area contributed by atoms with Crippen LogP contribution in [0.3, 0.4) is 0 Å². The minimum absolute atomic E-state index is 0.0556. The number of aliphatic hydroxyl groups excluding tert-OH is 2. The summed E-state index contributed by atoms with van der Waals surface area (Å²) < 4.78 is 23.6. The Morgan fingerprint density at radius 1 is 0.949 bits per heavy atom. The second kappa shape index (κ2) is 19.3. The number of hydrazone groups is 1. The number of nitrogens with zero attached hydrogens (tertiary/aromatic N) is 2. The number of aromatic hydroxyl groups is 3. The van der Waals surface area contributed by atoms with Crippen molar-refractivity contribution in [2.75, 3.05) is 25.5 Å². The Morgan fingerprint density at radius 2 is 1.59 bits per heavy atom. The fourth-order valence-corrected chi connectivity index (χ4v) is 7.76. The number of ether oxygens (including phenoxy) is 4. The fourth-order valence-electron chi connectivity index (χ4n) is 7.76. The van der Waals surface area contributed by atoms with Crippen molar-refractivity contribution in [1.82, 2.24) is 5.01 Å². The van der Waals surface area contributed by atoms with Crippen molar-refractivity contribution in [2.24, 2.45) is 28.8 Å². The van der Waals surface area contributed by atoms with Crippen LogP contribution in [-0.4, -0.2) is 105 Å². The van der Waals surface area contributed by atoms with Gasteiger partial charge in [-0.15, -0.1) is 0 Å². The fraction of sp³-hybridized carbons (Fsp3) is 0.545. The molecule has 15 nitrogen and oxygen atoms in total. The van der Waals surface area contributed by atoms with E-state index >= 15 is 0 Å². The number of hydrogen-bond acceptors (Lipinski definition) is 14. The summed E-state index contributed by atoms with van der Waals surface area (Å²) in [5, 5.41) is 66.9. The van der Waals surface area contributed by atoms with Gasteiger partial charge in [0.15, 0.2) is 5.75 Å². The first kappa shape index (κ1) is 46.6. The largest absolute Gasteiger partial charge is 0.507 e. The Hall–Kier alpha value is -5.12. The summed E-state index contributed by atoms with van der Waals surface area (Å²) in [4.78, 5) is 40.5. The molecule has 9 atom stereocenters. The van der Waals surface area contributed by atoms with Crippen LogP contribution in [0.25, 0.3) is 10.8 Å². The molecule has 1 amide bonds. The van der Waals surface area contributed by atoms with Gasteiger partial charge in [-0.2, -0.15) is 5.10 Å². The van der Waals surface area contributed by atoms with E-state index in [0.717, 1.165) is 12.8 Å². The lowest BCUT2D eigenvalue weighted by Crippen LogP contribution is -2.46. The number of allylic oxidation sites excluding steroid dienone is 2. The summed E-state index contributed by atoms with van der Waals surface area (Å²) in [7, 11) is 1.44. The van der Waals surface area contributed by atoms with E-state index in [1.54, 1.807) is 44.9 Å². The molecule has 0 spiro atoms. The van der Waals surface area contributed by atoms with Crippen LogP contribution in [0.2, 0.25) is 0 Å². The lowest BCUT2D eigenvalue weighted by atomic mass is 9.78. The van der Waals surface area contributed by atoms with Gasteiger partial charge in [0.2, 0.25) is 0 Å². The Morgan fingerprint density at radius 3 is 2.19 bits per heavy atom. The molecular weight excluding hydrogens is 762 g/mol. The number of nitrogens with one attached hydrogen (secondary N) is 1. The Labute approximate surface area is 346 Å². The number of ketones is 1. The highest BCUT2D eigenvalue weighted by atomic mass is 16.7. The van der Waals surface area contributed by atoms with Crippen LogP contribution in [-0.2, 0) is 23.8 Å². The minimum atomic E-state index is -2.04. The summed E-state index contributed by atoms with van der Waals surface area (Å²) in [5.74, 6) is -8.35. The smallest absolute Gasteiger partial charge is 0.312 e. The predicted octanol–water partition coefficient (Wildman–Crippen LogP) is 6.21. The summed E-state index contributed by atoms with van der Waals surface area (Å²) in [5.41, 5.74) is -0.354. The number of aliphatic hydroxyl groups is 2. The lowest BCUT2D eigenvalue weighted by Gasteiger charge is -2.38. The zero-order valence-electron chi connectivity index (χ0n) is 35.9. The zero-order chi connectivity index (χ0) is 44.1. The summed E-state index contributed by atoms with van der Waals surface area (Å²) in [6.07, 6.45) is 6.38. The van der Waals surface area contributed by atoms with Crippen LogP contribution < -0.4 is 10.1 Å². The van der Waals surface area contributed by atoms with Gasteiger partial charge in [-0.3, -0.25) is 19.4 Å². The van der Waals surface area contributed by atoms with Gasteiger partial charge in [0.1, 0.15) is 23.4 Å². The molecule has 0 aliphatic carbocycles. The van der Waals surface area contributed by atoms with Crippen molar-refractivity contribution >= 4 is 40.3 Å². The number of esters is 1. The molecule has 3 heterocycles. The molecule has 9 unspecified atom stereocenters. The quantitative estimate of drug-likeness (QED) is 0.0575. The SMILES string of the molecule is CCCN(CCC)/N=C/c1c2c(O)c3c(O)c(C)c4c(c3c1O)C(=O)C(C)(OC=CC(OC)C(C)C(OC(C)=O)C(C)C(O)C(C)C(O)C(C)C=CC=C(C)C(=O)N2)O4. The first-order valence-electron chi connectivity index (χ1n) is 20.1. The number of benzene rings is 2. The minimum Gasteiger partial charge on any atom is -0.507 e. The van der Waals surface area contributed by atoms with E-state index in [4.69, 9.17) is 18.9 Å².